The molecule has 25 heavy (non-hydrogen) atoms. The number of carbonyl (C=O) groups is 2. The third-order valence-corrected chi connectivity index (χ3v) is 3.76. The van der Waals surface area contributed by atoms with Crippen LogP contribution in [0.1, 0.15) is 30.3 Å². The summed E-state index contributed by atoms with van der Waals surface area (Å²) in [6.45, 7) is 3.36. The summed E-state index contributed by atoms with van der Waals surface area (Å²) in [7, 11) is 0. The number of hydrogen-bond donors (Lipinski definition) is 4. The van der Waals surface area contributed by atoms with Crippen molar-refractivity contribution in [2.24, 2.45) is 0 Å². The lowest BCUT2D eigenvalue weighted by atomic mass is 9.99. The van der Waals surface area contributed by atoms with E-state index in [1.54, 1.807) is 12.1 Å². The molecule has 2 rings (SSSR count). The minimum absolute atomic E-state index is 0. The van der Waals surface area contributed by atoms with Crippen molar-refractivity contribution in [3.8, 4) is 11.1 Å². The van der Waals surface area contributed by atoms with Gasteiger partial charge in [0.05, 0.1) is 6.10 Å². The van der Waals surface area contributed by atoms with E-state index >= 15 is 0 Å². The van der Waals surface area contributed by atoms with Gasteiger partial charge >= 0.3 is 0 Å². The summed E-state index contributed by atoms with van der Waals surface area (Å²) in [5.74, 6) is -1.39. The van der Waals surface area contributed by atoms with Crippen molar-refractivity contribution in [1.82, 2.24) is 10.8 Å². The first-order chi connectivity index (χ1) is 11.4. The first kappa shape index (κ1) is 20.3. The number of aryl methyl sites for hydroxylation is 1. The van der Waals surface area contributed by atoms with Crippen molar-refractivity contribution in [1.29, 1.82) is 0 Å². The van der Waals surface area contributed by atoms with Gasteiger partial charge in [-0.1, -0.05) is 43.8 Å². The van der Waals surface area contributed by atoms with Gasteiger partial charge in [-0.05, 0) is 42.7 Å². The molecule has 0 bridgehead atoms. The van der Waals surface area contributed by atoms with Gasteiger partial charge in [0.15, 0.2) is 0 Å². The highest BCUT2D eigenvalue weighted by Gasteiger charge is 2.25. The molecule has 0 unspecified atom stereocenters. The van der Waals surface area contributed by atoms with Crippen molar-refractivity contribution < 1.29 is 19.9 Å². The maximum Gasteiger partial charge on any atom is 0.268 e. The molecule has 2 aromatic rings. The zero-order valence-corrected chi connectivity index (χ0v) is 13.5. The van der Waals surface area contributed by atoms with Gasteiger partial charge in [-0.3, -0.25) is 14.8 Å². The molecule has 0 aliphatic heterocycles. The fourth-order valence-electron chi connectivity index (χ4n) is 2.40. The highest BCUT2D eigenvalue weighted by atomic mass is 16.5. The van der Waals surface area contributed by atoms with E-state index in [9.17, 15) is 14.7 Å². The normalized spacial score (nSPS) is 12.5. The van der Waals surface area contributed by atoms with E-state index in [1.165, 1.54) is 12.4 Å². The van der Waals surface area contributed by atoms with Gasteiger partial charge in [-0.2, -0.15) is 0 Å². The number of hydrogen-bond acceptors (Lipinski definition) is 4. The molecule has 0 aliphatic rings. The second-order valence-corrected chi connectivity index (χ2v) is 5.56. The van der Waals surface area contributed by atoms with Gasteiger partial charge in [-0.25, -0.2) is 5.48 Å². The predicted octanol–water partition coefficient (Wildman–Crippen LogP) is 2.28. The molecule has 2 amide bonds. The lowest BCUT2D eigenvalue weighted by molar-refractivity contribution is -0.133. The quantitative estimate of drug-likeness (QED) is 0.494. The van der Waals surface area contributed by atoms with Crippen molar-refractivity contribution in [2.45, 2.75) is 33.4 Å². The van der Waals surface area contributed by atoms with Crippen LogP contribution < -0.4 is 10.8 Å². The second-order valence-electron chi connectivity index (χ2n) is 5.56. The second kappa shape index (κ2) is 8.96. The maximum absolute atomic E-state index is 12.2. The Bertz CT molecular complexity index is 726. The number of benzene rings is 2. The Morgan fingerprint density at radius 2 is 1.64 bits per heavy atom. The molecular weight excluding hydrogens is 320 g/mol. The smallest absolute Gasteiger partial charge is 0.268 e. The molecule has 0 aliphatic carbocycles. The van der Waals surface area contributed by atoms with Gasteiger partial charge < -0.3 is 10.4 Å². The third kappa shape index (κ3) is 4.89. The fraction of sp³-hybridized carbons (Fsp3) is 0.263. The van der Waals surface area contributed by atoms with Gasteiger partial charge in [0.1, 0.15) is 6.04 Å². The monoisotopic (exact) mass is 344 g/mol. The van der Waals surface area contributed by atoms with E-state index in [0.717, 1.165) is 16.7 Å². The van der Waals surface area contributed by atoms with Crippen LogP contribution in [0.25, 0.3) is 11.1 Å². The first-order valence-electron chi connectivity index (χ1n) is 7.53. The highest BCUT2D eigenvalue weighted by Crippen LogP contribution is 2.23. The lowest BCUT2D eigenvalue weighted by Gasteiger charge is -2.19. The van der Waals surface area contributed by atoms with Crippen LogP contribution in [0.5, 0.6) is 0 Å². The number of rotatable bonds is 5. The molecule has 0 fully saturated rings. The van der Waals surface area contributed by atoms with Crippen molar-refractivity contribution >= 4 is 11.8 Å². The molecule has 6 nitrogen and oxygen atoms in total. The third-order valence-electron chi connectivity index (χ3n) is 3.76. The molecule has 2 atom stereocenters. The number of amides is 2. The van der Waals surface area contributed by atoms with E-state index in [-0.39, 0.29) is 7.43 Å². The Kier molecular flexibility index (Phi) is 7.29. The van der Waals surface area contributed by atoms with Gasteiger partial charge in [-0.15, -0.1) is 0 Å². The first-order valence-corrected chi connectivity index (χ1v) is 7.53. The van der Waals surface area contributed by atoms with E-state index in [2.05, 4.69) is 5.32 Å². The Balaban J connectivity index is 0.00000312. The van der Waals surface area contributed by atoms with E-state index in [1.807, 2.05) is 43.3 Å². The predicted molar refractivity (Wildman–Crippen MR) is 96.2 cm³/mol. The molecular formula is C19H24N2O4. The van der Waals surface area contributed by atoms with E-state index in [0.29, 0.717) is 5.56 Å². The SMILES string of the molecule is C.Cc1ccccc1-c1ccc(C(=O)N[C@H](C(=O)NO)[C@@H](C)O)cc1. The molecule has 0 radical (unpaired) electrons. The van der Waals surface area contributed by atoms with Crippen LogP contribution >= 0.6 is 0 Å². The summed E-state index contributed by atoms with van der Waals surface area (Å²) in [6, 6.07) is 13.6. The molecule has 0 saturated heterocycles. The lowest BCUT2D eigenvalue weighted by Crippen LogP contribution is -2.51. The van der Waals surface area contributed by atoms with Crippen LogP contribution in [0, 0.1) is 6.92 Å². The number of aliphatic hydroxyl groups excluding tert-OH is 1. The van der Waals surface area contributed by atoms with Crippen LogP contribution in [0.4, 0.5) is 0 Å². The van der Waals surface area contributed by atoms with Crippen molar-refractivity contribution in [2.75, 3.05) is 0 Å². The standard InChI is InChI=1S/C18H20N2O4.CH4/c1-11-5-3-4-6-15(11)13-7-9-14(10-8-13)17(22)19-16(12(2)21)18(23)20-24;/h3-10,12,16,21,24H,1-2H3,(H,19,22)(H,20,23);1H4/t12-,16+;/m1./s1. The summed E-state index contributed by atoms with van der Waals surface area (Å²) in [5, 5.41) is 20.6. The van der Waals surface area contributed by atoms with E-state index in [4.69, 9.17) is 5.21 Å². The molecule has 6 heteroatoms. The molecule has 134 valence electrons. The molecule has 0 heterocycles. The molecule has 0 saturated carbocycles. The van der Waals surface area contributed by atoms with Crippen LogP contribution in [-0.4, -0.2) is 34.3 Å². The minimum Gasteiger partial charge on any atom is -0.391 e. The number of nitrogens with one attached hydrogen (secondary N) is 2. The number of carbonyl (C=O) groups excluding carboxylic acids is 2. The van der Waals surface area contributed by atoms with Gasteiger partial charge in [0.25, 0.3) is 11.8 Å². The topological polar surface area (TPSA) is 98.7 Å². The fourth-order valence-corrected chi connectivity index (χ4v) is 2.40. The van der Waals surface area contributed by atoms with Crippen LogP contribution in [0.2, 0.25) is 0 Å². The van der Waals surface area contributed by atoms with Crippen molar-refractivity contribution in [3.63, 3.8) is 0 Å². The average Bonchev–Trinajstić information content (AvgIpc) is 2.59. The van der Waals surface area contributed by atoms with Crippen LogP contribution in [0.15, 0.2) is 48.5 Å². The van der Waals surface area contributed by atoms with Crippen molar-refractivity contribution in [3.05, 3.63) is 59.7 Å². The highest BCUT2D eigenvalue weighted by molar-refractivity contribution is 5.98. The maximum atomic E-state index is 12.2. The molecule has 0 spiro atoms. The Morgan fingerprint density at radius 3 is 2.16 bits per heavy atom. The van der Waals surface area contributed by atoms with Crippen LogP contribution in [-0.2, 0) is 4.79 Å². The summed E-state index contributed by atoms with van der Waals surface area (Å²) >= 11 is 0. The molecule has 4 N–H and O–H groups in total. The Morgan fingerprint density at radius 1 is 1.04 bits per heavy atom. The summed E-state index contributed by atoms with van der Waals surface area (Å²) in [5.41, 5.74) is 4.96. The Labute approximate surface area is 147 Å². The zero-order valence-electron chi connectivity index (χ0n) is 13.5. The average molecular weight is 344 g/mol. The van der Waals surface area contributed by atoms with Crippen LogP contribution in [0.3, 0.4) is 0 Å². The van der Waals surface area contributed by atoms with Gasteiger partial charge in [0, 0.05) is 5.56 Å². The zero-order chi connectivity index (χ0) is 17.7. The largest absolute Gasteiger partial charge is 0.391 e. The minimum atomic E-state index is -1.24. The summed E-state index contributed by atoms with van der Waals surface area (Å²) in [4.78, 5) is 23.7. The summed E-state index contributed by atoms with van der Waals surface area (Å²) < 4.78 is 0. The Hall–Kier alpha value is -2.70. The molecule has 0 aromatic heterocycles. The number of aliphatic hydroxyl groups is 1. The van der Waals surface area contributed by atoms with E-state index < -0.39 is 24.0 Å². The molecule has 2 aromatic carbocycles. The summed E-state index contributed by atoms with van der Waals surface area (Å²) in [6.07, 6.45) is -1.15. The van der Waals surface area contributed by atoms with Gasteiger partial charge in [0.2, 0.25) is 0 Å². The number of hydroxylamine groups is 1.